The molecule has 0 unspecified atom stereocenters. The Balaban J connectivity index is 2.89. The number of sulfonamides is 1. The predicted molar refractivity (Wildman–Crippen MR) is 88.9 cm³/mol. The smallest absolute Gasteiger partial charge is 0.382 e. The van der Waals surface area contributed by atoms with Crippen molar-refractivity contribution in [1.29, 1.82) is 0 Å². The molecule has 0 spiro atoms. The lowest BCUT2D eigenvalue weighted by atomic mass is 10.2. The molecule has 15 heteroatoms. The number of alkyl halides is 6. The number of aromatic nitrogens is 2. The quantitative estimate of drug-likeness (QED) is 0.686. The van der Waals surface area contributed by atoms with Crippen molar-refractivity contribution in [3.8, 4) is 5.69 Å². The Morgan fingerprint density at radius 3 is 1.86 bits per heavy atom. The van der Waals surface area contributed by atoms with E-state index in [0.717, 1.165) is 14.1 Å². The molecule has 0 saturated carbocycles. The van der Waals surface area contributed by atoms with E-state index >= 15 is 0 Å². The van der Waals surface area contributed by atoms with Gasteiger partial charge in [-0.2, -0.15) is 31.4 Å². The number of anilines is 1. The fourth-order valence-electron chi connectivity index (χ4n) is 2.14. The third-order valence-corrected chi connectivity index (χ3v) is 5.90. The third kappa shape index (κ3) is 3.88. The van der Waals surface area contributed by atoms with Crippen LogP contribution in [0.15, 0.2) is 17.0 Å². The van der Waals surface area contributed by atoms with Crippen molar-refractivity contribution in [1.82, 2.24) is 14.1 Å². The summed E-state index contributed by atoms with van der Waals surface area (Å²) in [5.41, 5.74) is 1.80. The first kappa shape index (κ1) is 22.6. The molecule has 1 aromatic heterocycles. The molecular formula is C13H10Cl2F6N4O2S. The second-order valence-corrected chi connectivity index (χ2v) is 8.45. The van der Waals surface area contributed by atoms with Crippen molar-refractivity contribution in [2.45, 2.75) is 17.2 Å². The summed E-state index contributed by atoms with van der Waals surface area (Å²) >= 11 is 11.5. The minimum atomic E-state index is -5.25. The van der Waals surface area contributed by atoms with Gasteiger partial charge in [0.15, 0.2) is 10.6 Å². The molecule has 2 N–H and O–H groups in total. The molecular weight excluding hydrogens is 461 g/mol. The molecule has 0 saturated heterocycles. The summed E-state index contributed by atoms with van der Waals surface area (Å²) in [6.07, 6.45) is -10.1. The molecule has 156 valence electrons. The van der Waals surface area contributed by atoms with Crippen molar-refractivity contribution < 1.29 is 34.8 Å². The summed E-state index contributed by atoms with van der Waals surface area (Å²) < 4.78 is 104. The maximum atomic E-state index is 13.3. The van der Waals surface area contributed by atoms with Crippen molar-refractivity contribution in [2.75, 3.05) is 19.8 Å². The van der Waals surface area contributed by atoms with Gasteiger partial charge in [-0.1, -0.05) is 23.2 Å². The lowest BCUT2D eigenvalue weighted by molar-refractivity contribution is -0.143. The fourth-order valence-corrected chi connectivity index (χ4v) is 3.91. The Morgan fingerprint density at radius 2 is 1.50 bits per heavy atom. The normalized spacial score (nSPS) is 13.4. The van der Waals surface area contributed by atoms with Crippen LogP contribution in [0.2, 0.25) is 10.0 Å². The van der Waals surface area contributed by atoms with Gasteiger partial charge in [0.05, 0.1) is 15.6 Å². The molecule has 1 heterocycles. The number of rotatable bonds is 3. The molecule has 28 heavy (non-hydrogen) atoms. The van der Waals surface area contributed by atoms with Crippen LogP contribution in [-0.4, -0.2) is 36.6 Å². The van der Waals surface area contributed by atoms with Crippen LogP contribution in [-0.2, 0) is 22.4 Å². The molecule has 0 radical (unpaired) electrons. The number of halogens is 8. The van der Waals surface area contributed by atoms with E-state index in [9.17, 15) is 34.8 Å². The van der Waals surface area contributed by atoms with Gasteiger partial charge in [-0.25, -0.2) is 17.4 Å². The van der Waals surface area contributed by atoms with Crippen molar-refractivity contribution in [2.24, 2.45) is 0 Å². The van der Waals surface area contributed by atoms with E-state index < -0.39 is 60.1 Å². The summed E-state index contributed by atoms with van der Waals surface area (Å²) in [5.74, 6) is -1.02. The molecule has 2 aromatic rings. The standard InChI is InChI=1S/C13H10Cl2F6N4O2S/c1-24(2)28(26,27)9-10(13(19,20)21)23-25(11(9)22)8-6(14)3-5(4-7(8)15)12(16,17)18/h3-4H,22H2,1-2H3. The van der Waals surface area contributed by atoms with E-state index in [0.29, 0.717) is 16.4 Å². The maximum absolute atomic E-state index is 13.3. The Bertz CT molecular complexity index is 1010. The molecule has 2 rings (SSSR count). The van der Waals surface area contributed by atoms with Crippen LogP contribution in [0.4, 0.5) is 32.2 Å². The van der Waals surface area contributed by atoms with Gasteiger partial charge in [0.25, 0.3) is 0 Å². The monoisotopic (exact) mass is 470 g/mol. The van der Waals surface area contributed by atoms with Crippen LogP contribution < -0.4 is 5.73 Å². The zero-order valence-corrected chi connectivity index (χ0v) is 16.2. The second kappa shape index (κ2) is 6.97. The summed E-state index contributed by atoms with van der Waals surface area (Å²) in [4.78, 5) is -1.38. The summed E-state index contributed by atoms with van der Waals surface area (Å²) in [5, 5.41) is 1.65. The Hall–Kier alpha value is -1.70. The lowest BCUT2D eigenvalue weighted by Gasteiger charge is -2.14. The zero-order chi connectivity index (χ0) is 21.8. The minimum Gasteiger partial charge on any atom is -0.382 e. The second-order valence-electron chi connectivity index (χ2n) is 5.55. The van der Waals surface area contributed by atoms with E-state index in [-0.39, 0.29) is 4.68 Å². The van der Waals surface area contributed by atoms with E-state index in [1.165, 1.54) is 0 Å². The number of hydrogen-bond donors (Lipinski definition) is 1. The first-order valence-corrected chi connectivity index (χ1v) is 9.14. The summed E-state index contributed by atoms with van der Waals surface area (Å²) in [7, 11) is -2.80. The van der Waals surface area contributed by atoms with Gasteiger partial charge in [-0.15, -0.1) is 0 Å². The molecule has 0 aliphatic heterocycles. The van der Waals surface area contributed by atoms with Crippen LogP contribution >= 0.6 is 23.2 Å². The van der Waals surface area contributed by atoms with Gasteiger partial charge in [0, 0.05) is 14.1 Å². The Labute approximate surface area is 164 Å². The maximum Gasteiger partial charge on any atom is 0.436 e. The number of nitrogens with two attached hydrogens (primary N) is 1. The molecule has 0 fully saturated rings. The highest BCUT2D eigenvalue weighted by Gasteiger charge is 2.44. The molecule has 0 bridgehead atoms. The largest absolute Gasteiger partial charge is 0.436 e. The molecule has 0 aliphatic carbocycles. The number of nitrogens with zero attached hydrogens (tertiary/aromatic N) is 3. The topological polar surface area (TPSA) is 81.2 Å². The highest BCUT2D eigenvalue weighted by Crippen LogP contribution is 2.42. The fraction of sp³-hybridized carbons (Fsp3) is 0.308. The van der Waals surface area contributed by atoms with Crippen molar-refractivity contribution in [3.63, 3.8) is 0 Å². The van der Waals surface area contributed by atoms with E-state index in [1.54, 1.807) is 0 Å². The predicted octanol–water partition coefficient (Wildman–Crippen LogP) is 4.05. The zero-order valence-electron chi connectivity index (χ0n) is 13.8. The number of benzene rings is 1. The highest BCUT2D eigenvalue weighted by molar-refractivity contribution is 7.89. The Kier molecular flexibility index (Phi) is 5.62. The van der Waals surface area contributed by atoms with Crippen LogP contribution in [0, 0.1) is 0 Å². The molecule has 0 aliphatic rings. The Morgan fingerprint density at radius 1 is 1.04 bits per heavy atom. The molecule has 1 aromatic carbocycles. The van der Waals surface area contributed by atoms with Crippen LogP contribution in [0.1, 0.15) is 11.3 Å². The van der Waals surface area contributed by atoms with Gasteiger partial charge >= 0.3 is 12.4 Å². The molecule has 0 amide bonds. The minimum absolute atomic E-state index is 0.240. The lowest BCUT2D eigenvalue weighted by Crippen LogP contribution is -2.25. The third-order valence-electron chi connectivity index (χ3n) is 3.44. The van der Waals surface area contributed by atoms with Crippen LogP contribution in [0.25, 0.3) is 5.69 Å². The first-order valence-electron chi connectivity index (χ1n) is 6.94. The first-order chi connectivity index (χ1) is 12.5. The molecule has 0 atom stereocenters. The van der Waals surface area contributed by atoms with E-state index in [2.05, 4.69) is 5.10 Å². The van der Waals surface area contributed by atoms with E-state index in [4.69, 9.17) is 28.9 Å². The van der Waals surface area contributed by atoms with Gasteiger partial charge in [-0.05, 0) is 12.1 Å². The van der Waals surface area contributed by atoms with Crippen molar-refractivity contribution in [3.05, 3.63) is 33.4 Å². The van der Waals surface area contributed by atoms with Crippen LogP contribution in [0.3, 0.4) is 0 Å². The van der Waals surface area contributed by atoms with Gasteiger partial charge in [0.2, 0.25) is 10.0 Å². The highest BCUT2D eigenvalue weighted by atomic mass is 35.5. The SMILES string of the molecule is CN(C)S(=O)(=O)c1c(C(F)(F)F)nn(-c2c(Cl)cc(C(F)(F)F)cc2Cl)c1N. The van der Waals surface area contributed by atoms with Gasteiger partial charge in [-0.3, -0.25) is 0 Å². The van der Waals surface area contributed by atoms with Crippen molar-refractivity contribution >= 4 is 39.0 Å². The van der Waals surface area contributed by atoms with E-state index in [1.807, 2.05) is 0 Å². The van der Waals surface area contributed by atoms with Gasteiger partial charge in [0.1, 0.15) is 11.5 Å². The number of nitrogen functional groups attached to an aromatic ring is 1. The summed E-state index contributed by atoms with van der Waals surface area (Å²) in [6.45, 7) is 0. The number of hydrogen-bond acceptors (Lipinski definition) is 4. The molecule has 6 nitrogen and oxygen atoms in total. The average Bonchev–Trinajstić information content (AvgIpc) is 2.83. The van der Waals surface area contributed by atoms with Gasteiger partial charge < -0.3 is 5.73 Å². The average molecular weight is 471 g/mol. The van der Waals surface area contributed by atoms with Crippen LogP contribution in [0.5, 0.6) is 0 Å². The summed E-state index contributed by atoms with van der Waals surface area (Å²) in [6, 6.07) is 0.800.